The van der Waals surface area contributed by atoms with Crippen molar-refractivity contribution in [2.45, 2.75) is 43.0 Å². The highest BCUT2D eigenvalue weighted by Gasteiger charge is 2.77. The predicted octanol–water partition coefficient (Wildman–Crippen LogP) is 6.34. The van der Waals surface area contributed by atoms with E-state index in [0.717, 1.165) is 0 Å². The van der Waals surface area contributed by atoms with E-state index in [-0.39, 0.29) is 5.57 Å². The van der Waals surface area contributed by atoms with Gasteiger partial charge < -0.3 is 9.84 Å². The van der Waals surface area contributed by atoms with E-state index in [2.05, 4.69) is 11.3 Å². The number of alkyl halides is 14. The number of allylic oxidation sites excluding steroid dienone is 2. The number of carboxylic acids is 1. The Morgan fingerprint density at radius 3 is 0.968 bits per heavy atom. The first-order valence-electron chi connectivity index (χ1n) is 6.79. The zero-order valence-corrected chi connectivity index (χ0v) is 14.7. The summed E-state index contributed by atoms with van der Waals surface area (Å²) < 4.78 is 176. The molecular formula is C14H10F14O3. The van der Waals surface area contributed by atoms with E-state index in [1.807, 2.05) is 0 Å². The smallest absolute Gasteiger partial charge is 0.460 e. The topological polar surface area (TPSA) is 46.5 Å². The molecule has 0 aliphatic carbocycles. The van der Waals surface area contributed by atoms with Crippen LogP contribution in [-0.2, 0) is 9.53 Å². The fraction of sp³-hybridized carbons (Fsp3) is 0.500. The molecular weight excluding hydrogens is 482 g/mol. The van der Waals surface area contributed by atoms with E-state index in [1.165, 1.54) is 6.92 Å². The van der Waals surface area contributed by atoms with E-state index in [9.17, 15) is 66.3 Å². The van der Waals surface area contributed by atoms with Crippen LogP contribution >= 0.6 is 0 Å². The normalized spacial score (nSPS) is 13.6. The molecule has 0 aliphatic rings. The summed E-state index contributed by atoms with van der Waals surface area (Å²) in [6.45, 7) is 8.06. The Labute approximate surface area is 163 Å². The maximum atomic E-state index is 13.0. The van der Waals surface area contributed by atoms with Crippen molar-refractivity contribution in [2.24, 2.45) is 0 Å². The van der Waals surface area contributed by atoms with Gasteiger partial charge in [-0.25, -0.2) is 4.79 Å². The summed E-state index contributed by atoms with van der Waals surface area (Å²) in [6.07, 6.45) is -13.9. The summed E-state index contributed by atoms with van der Waals surface area (Å²) in [5.41, 5.74) is 0.176. The number of carbonyl (C=O) groups is 1. The van der Waals surface area contributed by atoms with Crippen molar-refractivity contribution in [3.05, 3.63) is 36.8 Å². The third kappa shape index (κ3) is 6.25. The molecule has 0 atom stereocenters. The zero-order valence-electron chi connectivity index (χ0n) is 14.7. The van der Waals surface area contributed by atoms with E-state index < -0.39 is 53.5 Å². The minimum atomic E-state index is -6.97. The van der Waals surface area contributed by atoms with Crippen LogP contribution in [0.5, 0.6) is 0 Å². The molecule has 0 saturated carbocycles. The molecule has 0 aromatic heterocycles. The van der Waals surface area contributed by atoms with Gasteiger partial charge in [-0.05, 0) is 6.92 Å². The fourth-order valence-electron chi connectivity index (χ4n) is 0.983. The molecule has 0 radical (unpaired) electrons. The molecule has 31 heavy (non-hydrogen) atoms. The molecule has 0 rings (SSSR count). The average Bonchev–Trinajstić information content (AvgIpc) is 2.52. The van der Waals surface area contributed by atoms with Gasteiger partial charge in [0.25, 0.3) is 0 Å². The fourth-order valence-corrected chi connectivity index (χ4v) is 0.983. The average molecular weight is 492 g/mol. The van der Waals surface area contributed by atoms with Crippen LogP contribution in [0.15, 0.2) is 36.8 Å². The van der Waals surface area contributed by atoms with Crippen LogP contribution in [0, 0.1) is 0 Å². The summed E-state index contributed by atoms with van der Waals surface area (Å²) in [7, 11) is 0. The van der Waals surface area contributed by atoms with E-state index in [0.29, 0.717) is 0 Å². The molecule has 0 bridgehead atoms. The number of rotatable bonds is 7. The number of ether oxygens (including phenoxy) is 1. The number of aliphatic carboxylic acids is 1. The molecule has 0 fully saturated rings. The largest absolute Gasteiger partial charge is 0.478 e. The third-order valence-corrected chi connectivity index (χ3v) is 2.81. The predicted molar refractivity (Wildman–Crippen MR) is 73.7 cm³/mol. The third-order valence-electron chi connectivity index (χ3n) is 2.81. The van der Waals surface area contributed by atoms with Gasteiger partial charge in [0.1, 0.15) is 0 Å². The lowest BCUT2D eigenvalue weighted by molar-refractivity contribution is -0.357. The highest BCUT2D eigenvalue weighted by molar-refractivity contribution is 5.84. The Bertz CT molecular complexity index is 655. The Kier molecular flexibility index (Phi) is 8.85. The molecule has 0 heterocycles. The van der Waals surface area contributed by atoms with Gasteiger partial charge in [-0.2, -0.15) is 61.5 Å². The maximum absolute atomic E-state index is 13.0. The first kappa shape index (κ1) is 30.7. The summed E-state index contributed by atoms with van der Waals surface area (Å²) in [5.74, 6) is -34.3. The second-order valence-corrected chi connectivity index (χ2v) is 5.33. The number of halogens is 14. The van der Waals surface area contributed by atoms with Crippen LogP contribution in [0.2, 0.25) is 0 Å². The van der Waals surface area contributed by atoms with E-state index >= 15 is 0 Å². The standard InChI is InChI=1S/C10H4F14O.C4H6O2/c1-3(5(11,12)7(15,16)9(19,20)21)25-4(2)6(13,14)8(17,18)10(22,23)24;1-3(2)4(5)6/h1-2H2;1H2,2H3,(H,5,6). The van der Waals surface area contributed by atoms with Crippen LogP contribution in [0.1, 0.15) is 6.92 Å². The highest BCUT2D eigenvalue weighted by atomic mass is 19.4. The second-order valence-electron chi connectivity index (χ2n) is 5.33. The summed E-state index contributed by atoms with van der Waals surface area (Å²) in [4.78, 5) is 9.60. The molecule has 182 valence electrons. The van der Waals surface area contributed by atoms with Crippen molar-refractivity contribution in [1.29, 1.82) is 0 Å². The van der Waals surface area contributed by atoms with Crippen molar-refractivity contribution in [2.75, 3.05) is 0 Å². The van der Waals surface area contributed by atoms with Gasteiger partial charge in [-0.15, -0.1) is 0 Å². The van der Waals surface area contributed by atoms with Gasteiger partial charge in [0.15, 0.2) is 11.5 Å². The number of hydrogen-bond acceptors (Lipinski definition) is 2. The van der Waals surface area contributed by atoms with Crippen molar-refractivity contribution in [1.82, 2.24) is 0 Å². The first-order valence-corrected chi connectivity index (χ1v) is 6.79. The summed E-state index contributed by atoms with van der Waals surface area (Å²) >= 11 is 0. The molecule has 0 saturated heterocycles. The monoisotopic (exact) mass is 492 g/mol. The Balaban J connectivity index is 0. The Morgan fingerprint density at radius 2 is 0.839 bits per heavy atom. The van der Waals surface area contributed by atoms with Gasteiger partial charge >= 0.3 is 42.0 Å². The molecule has 17 heteroatoms. The van der Waals surface area contributed by atoms with Gasteiger partial charge in [0, 0.05) is 5.57 Å². The van der Waals surface area contributed by atoms with Crippen LogP contribution in [0.25, 0.3) is 0 Å². The first-order chi connectivity index (χ1) is 13.2. The van der Waals surface area contributed by atoms with Crippen LogP contribution in [0.3, 0.4) is 0 Å². The number of hydrogen-bond donors (Lipinski definition) is 1. The van der Waals surface area contributed by atoms with Gasteiger partial charge in [-0.1, -0.05) is 19.7 Å². The van der Waals surface area contributed by atoms with Crippen molar-refractivity contribution in [3.63, 3.8) is 0 Å². The molecule has 0 aromatic carbocycles. The van der Waals surface area contributed by atoms with E-state index in [1.54, 1.807) is 13.2 Å². The zero-order chi connectivity index (χ0) is 26.0. The van der Waals surface area contributed by atoms with Gasteiger partial charge in [0.2, 0.25) is 0 Å². The minimum Gasteiger partial charge on any atom is -0.478 e. The molecule has 0 spiro atoms. The number of carboxylic acid groups (broad SMARTS) is 1. The van der Waals surface area contributed by atoms with Crippen molar-refractivity contribution < 1.29 is 76.1 Å². The SMILES string of the molecule is C=C(C)C(=O)O.C=C(OC(=C)C(F)(F)C(F)(F)C(F)(F)F)C(F)(F)C(F)(F)C(F)(F)F. The lowest BCUT2D eigenvalue weighted by atomic mass is 10.1. The lowest BCUT2D eigenvalue weighted by Crippen LogP contribution is -2.55. The van der Waals surface area contributed by atoms with Gasteiger partial charge in [-0.3, -0.25) is 0 Å². The lowest BCUT2D eigenvalue weighted by Gasteiger charge is -2.32. The van der Waals surface area contributed by atoms with E-state index in [4.69, 9.17) is 5.11 Å². The molecule has 3 nitrogen and oxygen atoms in total. The van der Waals surface area contributed by atoms with Crippen molar-refractivity contribution in [3.8, 4) is 0 Å². The summed E-state index contributed by atoms with van der Waals surface area (Å²) in [5, 5.41) is 7.89. The Hall–Kier alpha value is -2.49. The quantitative estimate of drug-likeness (QED) is 0.256. The van der Waals surface area contributed by atoms with Gasteiger partial charge in [0.05, 0.1) is 0 Å². The molecule has 1 N–H and O–H groups in total. The molecule has 0 unspecified atom stereocenters. The molecule has 0 amide bonds. The van der Waals surface area contributed by atoms with Crippen LogP contribution in [-0.4, -0.2) is 47.1 Å². The van der Waals surface area contributed by atoms with Crippen LogP contribution in [0.4, 0.5) is 61.5 Å². The highest BCUT2D eigenvalue weighted by Crippen LogP contribution is 2.53. The van der Waals surface area contributed by atoms with Crippen LogP contribution < -0.4 is 0 Å². The second kappa shape index (κ2) is 8.94. The maximum Gasteiger partial charge on any atom is 0.460 e. The Morgan fingerprint density at radius 1 is 0.645 bits per heavy atom. The minimum absolute atomic E-state index is 0.176. The molecule has 0 aromatic rings. The van der Waals surface area contributed by atoms with Crippen molar-refractivity contribution >= 4 is 5.97 Å². The summed E-state index contributed by atoms with van der Waals surface area (Å²) in [6, 6.07) is 0. The molecule has 0 aliphatic heterocycles.